The summed E-state index contributed by atoms with van der Waals surface area (Å²) in [6.07, 6.45) is 1.47. The van der Waals surface area contributed by atoms with Gasteiger partial charge in [-0.3, -0.25) is 9.78 Å². The number of ether oxygens (including phenoxy) is 1. The van der Waals surface area contributed by atoms with Crippen LogP contribution in [0.2, 0.25) is 0 Å². The molecule has 0 amide bonds. The van der Waals surface area contributed by atoms with Crippen LogP contribution in [0.1, 0.15) is 67.3 Å². The normalized spacial score (nSPS) is 11.0. The Bertz CT molecular complexity index is 1220. The molecule has 1 aromatic carbocycles. The fourth-order valence-electron chi connectivity index (χ4n) is 4.04. The summed E-state index contributed by atoms with van der Waals surface area (Å²) in [5, 5.41) is 0. The number of hydrogen-bond acceptors (Lipinski definition) is 7. The third-order valence-corrected chi connectivity index (χ3v) is 5.67. The van der Waals surface area contributed by atoms with Crippen molar-refractivity contribution in [1.29, 1.82) is 0 Å². The number of aromatic nitrogens is 1. The van der Waals surface area contributed by atoms with Crippen LogP contribution in [-0.2, 0) is 41.9 Å². The second-order valence-electron chi connectivity index (χ2n) is 9.77. The highest BCUT2D eigenvalue weighted by molar-refractivity contribution is 5.85. The predicted molar refractivity (Wildman–Crippen MR) is 145 cm³/mol. The van der Waals surface area contributed by atoms with Gasteiger partial charge in [-0.05, 0) is 54.4 Å². The minimum atomic E-state index is -0.815. The van der Waals surface area contributed by atoms with E-state index in [1.165, 1.54) is 0 Å². The highest BCUT2D eigenvalue weighted by Gasteiger charge is 2.24. The van der Waals surface area contributed by atoms with E-state index in [-0.39, 0.29) is 49.0 Å². The quantitative estimate of drug-likeness (QED) is 0.369. The number of benzene rings is 1. The fraction of sp³-hybridized carbons (Fsp3) is 0.444. The van der Waals surface area contributed by atoms with Crippen molar-refractivity contribution in [1.82, 2.24) is 4.98 Å². The number of carbonyl (C=O) groups is 1. The van der Waals surface area contributed by atoms with E-state index < -0.39 is 11.8 Å². The van der Waals surface area contributed by atoms with Crippen molar-refractivity contribution in [3.05, 3.63) is 74.5 Å². The summed E-state index contributed by atoms with van der Waals surface area (Å²) in [5.41, 5.74) is 13.0. The molecule has 2 N–H and O–H groups in total. The molecular weight excluding hydrogens is 503 g/mol. The van der Waals surface area contributed by atoms with Gasteiger partial charge < -0.3 is 19.3 Å². The van der Waals surface area contributed by atoms with E-state index in [1.54, 1.807) is 6.92 Å². The molecule has 0 aliphatic heterocycles. The molecule has 0 saturated carbocycles. The average Bonchev–Trinajstić information content (AvgIpc) is 3.09. The number of esters is 1. The molecule has 3 rings (SSSR count). The molecule has 36 heavy (non-hydrogen) atoms. The van der Waals surface area contributed by atoms with Gasteiger partial charge in [-0.1, -0.05) is 57.5 Å². The van der Waals surface area contributed by atoms with Gasteiger partial charge in [-0.2, -0.15) is 0 Å². The number of aryl methyl sites for hydroxylation is 3. The zero-order chi connectivity index (χ0) is 25.0. The second-order valence-corrected chi connectivity index (χ2v) is 9.77. The lowest BCUT2D eigenvalue weighted by molar-refractivity contribution is -0.144. The van der Waals surface area contributed by atoms with Gasteiger partial charge >= 0.3 is 11.8 Å². The van der Waals surface area contributed by atoms with E-state index in [9.17, 15) is 9.59 Å². The first kappa shape index (κ1) is 31.4. The van der Waals surface area contributed by atoms with Crippen LogP contribution < -0.4 is 11.6 Å². The first-order chi connectivity index (χ1) is 16.0. The van der Waals surface area contributed by atoms with E-state index in [2.05, 4.69) is 45.0 Å². The SMILES string of the molecule is CCc1nc(CC(C)(C)C)c(CN)c(-c2ccc(C)cc2)c1CC(=O)OCc1oc(=O)oc1C.Cl.Cl. The zero-order valence-corrected chi connectivity index (χ0v) is 23.4. The van der Waals surface area contributed by atoms with Gasteiger partial charge in [0.25, 0.3) is 0 Å². The molecule has 0 radical (unpaired) electrons. The Morgan fingerprint density at radius 1 is 1.03 bits per heavy atom. The van der Waals surface area contributed by atoms with Crippen molar-refractivity contribution in [2.45, 2.75) is 74.0 Å². The largest absolute Gasteiger partial charge is 0.519 e. The molecule has 2 heterocycles. The monoisotopic (exact) mass is 538 g/mol. The molecular formula is C27H36Cl2N2O5. The minimum absolute atomic E-state index is 0. The van der Waals surface area contributed by atoms with Crippen molar-refractivity contribution < 1.29 is 18.4 Å². The van der Waals surface area contributed by atoms with Crippen LogP contribution in [-0.4, -0.2) is 11.0 Å². The number of rotatable bonds is 8. The van der Waals surface area contributed by atoms with Crippen LogP contribution in [0.15, 0.2) is 37.9 Å². The van der Waals surface area contributed by atoms with Gasteiger partial charge in [0.15, 0.2) is 18.1 Å². The second kappa shape index (κ2) is 13.1. The molecule has 7 nitrogen and oxygen atoms in total. The summed E-state index contributed by atoms with van der Waals surface area (Å²) >= 11 is 0. The highest BCUT2D eigenvalue weighted by atomic mass is 35.5. The standard InChI is InChI=1S/C27H34N2O5.2ClH/c1-7-21-19(12-24(30)32-15-23-17(3)33-26(31)34-23)25(18-10-8-16(2)9-11-18)20(14-28)22(29-21)13-27(4,5)6;;/h8-11H,7,12-15,28H2,1-6H3;2*1H. The number of nitrogens with zero attached hydrogens (tertiary/aromatic N) is 1. The third kappa shape index (κ3) is 7.69. The van der Waals surface area contributed by atoms with Crippen LogP contribution in [0.4, 0.5) is 0 Å². The summed E-state index contributed by atoms with van der Waals surface area (Å²) in [7, 11) is 0. The fourth-order valence-corrected chi connectivity index (χ4v) is 4.04. The minimum Gasteiger partial charge on any atom is -0.457 e. The van der Waals surface area contributed by atoms with Crippen molar-refractivity contribution in [3.63, 3.8) is 0 Å². The average molecular weight is 540 g/mol. The molecule has 198 valence electrons. The van der Waals surface area contributed by atoms with Crippen molar-refractivity contribution in [2.24, 2.45) is 11.1 Å². The van der Waals surface area contributed by atoms with Crippen LogP contribution in [0.25, 0.3) is 11.1 Å². The molecule has 0 fully saturated rings. The maximum Gasteiger partial charge on any atom is 0.519 e. The Morgan fingerprint density at radius 3 is 2.17 bits per heavy atom. The van der Waals surface area contributed by atoms with Gasteiger partial charge in [0.2, 0.25) is 0 Å². The number of hydrogen-bond donors (Lipinski definition) is 1. The Balaban J connectivity index is 0.00000324. The molecule has 0 atom stereocenters. The molecule has 9 heteroatoms. The van der Waals surface area contributed by atoms with Crippen LogP contribution in [0.3, 0.4) is 0 Å². The van der Waals surface area contributed by atoms with Gasteiger partial charge in [-0.15, -0.1) is 24.8 Å². The lowest BCUT2D eigenvalue weighted by Gasteiger charge is -2.25. The summed E-state index contributed by atoms with van der Waals surface area (Å²) < 4.78 is 15.2. The van der Waals surface area contributed by atoms with Gasteiger partial charge in [-0.25, -0.2) is 4.79 Å². The molecule has 3 aromatic rings. The number of carbonyl (C=O) groups excluding carboxylic acids is 1. The molecule has 0 unspecified atom stereocenters. The van der Waals surface area contributed by atoms with Crippen LogP contribution in [0, 0.1) is 19.3 Å². The van der Waals surface area contributed by atoms with Crippen molar-refractivity contribution in [3.8, 4) is 11.1 Å². The predicted octanol–water partition coefficient (Wildman–Crippen LogP) is 5.65. The Morgan fingerprint density at radius 2 is 1.67 bits per heavy atom. The van der Waals surface area contributed by atoms with Crippen LogP contribution >= 0.6 is 24.8 Å². The molecule has 2 aromatic heterocycles. The molecule has 0 saturated heterocycles. The molecule has 0 aliphatic carbocycles. The Labute approximate surface area is 224 Å². The van der Waals surface area contributed by atoms with E-state index in [4.69, 9.17) is 24.3 Å². The summed E-state index contributed by atoms with van der Waals surface area (Å²) in [6, 6.07) is 8.22. The number of nitrogens with two attached hydrogens (primary N) is 1. The third-order valence-electron chi connectivity index (χ3n) is 5.67. The zero-order valence-electron chi connectivity index (χ0n) is 21.7. The Hall–Kier alpha value is -2.61. The van der Waals surface area contributed by atoms with Crippen molar-refractivity contribution >= 4 is 30.8 Å². The van der Waals surface area contributed by atoms with Gasteiger partial charge in [0, 0.05) is 17.9 Å². The first-order valence-electron chi connectivity index (χ1n) is 11.6. The molecule has 0 bridgehead atoms. The van der Waals surface area contributed by atoms with E-state index >= 15 is 0 Å². The number of pyridine rings is 1. The number of halogens is 2. The summed E-state index contributed by atoms with van der Waals surface area (Å²) in [5.74, 6) is -0.760. The smallest absolute Gasteiger partial charge is 0.457 e. The maximum absolute atomic E-state index is 12.9. The first-order valence-corrected chi connectivity index (χ1v) is 11.6. The maximum atomic E-state index is 12.9. The van der Waals surface area contributed by atoms with E-state index in [1.807, 2.05) is 13.8 Å². The van der Waals surface area contributed by atoms with Gasteiger partial charge in [0.05, 0.1) is 6.42 Å². The Kier molecular flexibility index (Phi) is 11.4. The highest BCUT2D eigenvalue weighted by Crippen LogP contribution is 2.35. The lowest BCUT2D eigenvalue weighted by atomic mass is 9.84. The summed E-state index contributed by atoms with van der Waals surface area (Å²) in [6.45, 7) is 12.3. The molecule has 0 spiro atoms. The topological polar surface area (TPSA) is 109 Å². The van der Waals surface area contributed by atoms with Crippen molar-refractivity contribution in [2.75, 3.05) is 0 Å². The van der Waals surface area contributed by atoms with E-state index in [0.717, 1.165) is 45.6 Å². The lowest BCUT2D eigenvalue weighted by Crippen LogP contribution is -2.19. The molecule has 0 aliphatic rings. The summed E-state index contributed by atoms with van der Waals surface area (Å²) in [4.78, 5) is 29.1. The van der Waals surface area contributed by atoms with Crippen LogP contribution in [0.5, 0.6) is 0 Å². The van der Waals surface area contributed by atoms with E-state index in [0.29, 0.717) is 18.7 Å². The van der Waals surface area contributed by atoms with Gasteiger partial charge in [0.1, 0.15) is 0 Å².